The van der Waals surface area contributed by atoms with Gasteiger partial charge in [0.25, 0.3) is 0 Å². The molecule has 0 spiro atoms. The number of ether oxygens (including phenoxy) is 3. The lowest BCUT2D eigenvalue weighted by molar-refractivity contribution is 0.0489. The third-order valence-electron chi connectivity index (χ3n) is 1.97. The van der Waals surface area contributed by atoms with Crippen LogP contribution in [0.1, 0.15) is 12.6 Å². The molecular weight excluding hydrogens is 224 g/mol. The summed E-state index contributed by atoms with van der Waals surface area (Å²) in [4.78, 5) is 4.15. The fourth-order valence-electron chi connectivity index (χ4n) is 1.12. The zero-order valence-electron chi connectivity index (χ0n) is 10.4. The van der Waals surface area contributed by atoms with Crippen molar-refractivity contribution in [3.63, 3.8) is 0 Å². The van der Waals surface area contributed by atoms with Crippen LogP contribution in [0, 0.1) is 0 Å². The first-order valence-electron chi connectivity index (χ1n) is 5.71. The predicted octanol–water partition coefficient (Wildman–Crippen LogP) is 0.826. The van der Waals surface area contributed by atoms with Gasteiger partial charge in [0, 0.05) is 13.7 Å². The highest BCUT2D eigenvalue weighted by atomic mass is 16.6. The molecule has 0 unspecified atom stereocenters. The van der Waals surface area contributed by atoms with E-state index in [0.29, 0.717) is 33.0 Å². The van der Waals surface area contributed by atoms with Crippen molar-refractivity contribution < 1.29 is 18.6 Å². The molecule has 0 aliphatic carbocycles. The lowest BCUT2D eigenvalue weighted by Crippen LogP contribution is -2.12. The summed E-state index contributed by atoms with van der Waals surface area (Å²) in [6.07, 6.45) is 1.87. The number of methoxy groups -OCH3 is 1. The Morgan fingerprint density at radius 2 is 2.12 bits per heavy atom. The zero-order chi connectivity index (χ0) is 12.3. The molecule has 0 aliphatic rings. The van der Waals surface area contributed by atoms with Crippen molar-refractivity contribution in [2.45, 2.75) is 13.5 Å². The lowest BCUT2D eigenvalue weighted by Gasteiger charge is -2.03. The van der Waals surface area contributed by atoms with E-state index in [-0.39, 0.29) is 6.08 Å². The molecule has 98 valence electrons. The van der Waals surface area contributed by atoms with Gasteiger partial charge in [0.1, 0.15) is 12.9 Å². The molecule has 6 nitrogen and oxygen atoms in total. The summed E-state index contributed by atoms with van der Waals surface area (Å²) in [5, 5.41) is 3.15. The highest BCUT2D eigenvalue weighted by molar-refractivity contribution is 4.99. The summed E-state index contributed by atoms with van der Waals surface area (Å²) >= 11 is 0. The van der Waals surface area contributed by atoms with E-state index in [9.17, 15) is 0 Å². The third kappa shape index (κ3) is 6.25. The largest absolute Gasteiger partial charge is 0.448 e. The van der Waals surface area contributed by atoms with Crippen molar-refractivity contribution in [1.29, 1.82) is 0 Å². The van der Waals surface area contributed by atoms with Crippen LogP contribution < -0.4 is 10.1 Å². The molecule has 0 saturated heterocycles. The van der Waals surface area contributed by atoms with Gasteiger partial charge in [-0.25, -0.2) is 0 Å². The van der Waals surface area contributed by atoms with E-state index in [4.69, 9.17) is 18.6 Å². The first kappa shape index (κ1) is 14.0. The van der Waals surface area contributed by atoms with E-state index >= 15 is 0 Å². The Hall–Kier alpha value is -1.11. The average molecular weight is 244 g/mol. The van der Waals surface area contributed by atoms with Gasteiger partial charge in [-0.05, 0) is 6.54 Å². The number of aromatic nitrogens is 1. The minimum absolute atomic E-state index is 0.285. The number of oxazole rings is 1. The van der Waals surface area contributed by atoms with Crippen molar-refractivity contribution in [1.82, 2.24) is 10.3 Å². The Labute approximate surface area is 101 Å². The monoisotopic (exact) mass is 244 g/mol. The van der Waals surface area contributed by atoms with Crippen LogP contribution in [-0.4, -0.2) is 45.1 Å². The molecule has 0 bridgehead atoms. The fourth-order valence-corrected chi connectivity index (χ4v) is 1.12. The minimum atomic E-state index is 0.285. The van der Waals surface area contributed by atoms with Crippen LogP contribution in [0.2, 0.25) is 0 Å². The first-order valence-corrected chi connectivity index (χ1v) is 5.71. The van der Waals surface area contributed by atoms with Crippen molar-refractivity contribution in [2.75, 3.05) is 40.1 Å². The maximum Gasteiger partial charge on any atom is 0.393 e. The van der Waals surface area contributed by atoms with Gasteiger partial charge < -0.3 is 23.9 Å². The topological polar surface area (TPSA) is 65.8 Å². The van der Waals surface area contributed by atoms with Gasteiger partial charge in [0.15, 0.2) is 0 Å². The van der Waals surface area contributed by atoms with E-state index < -0.39 is 0 Å². The quantitative estimate of drug-likeness (QED) is 0.615. The van der Waals surface area contributed by atoms with Gasteiger partial charge in [0.2, 0.25) is 0 Å². The van der Waals surface area contributed by atoms with Gasteiger partial charge in [0.05, 0.1) is 25.5 Å². The molecule has 17 heavy (non-hydrogen) atoms. The van der Waals surface area contributed by atoms with E-state index in [1.807, 2.05) is 6.92 Å². The second-order valence-electron chi connectivity index (χ2n) is 3.34. The molecule has 0 aromatic carbocycles. The summed E-state index contributed by atoms with van der Waals surface area (Å²) < 4.78 is 20.5. The number of hydrogen-bond donors (Lipinski definition) is 1. The van der Waals surface area contributed by atoms with Crippen molar-refractivity contribution in [3.05, 3.63) is 12.0 Å². The second-order valence-corrected chi connectivity index (χ2v) is 3.34. The van der Waals surface area contributed by atoms with Crippen LogP contribution in [-0.2, 0) is 16.0 Å². The van der Waals surface area contributed by atoms with E-state index in [1.165, 1.54) is 0 Å². The Morgan fingerprint density at radius 1 is 1.29 bits per heavy atom. The van der Waals surface area contributed by atoms with Crippen LogP contribution >= 0.6 is 0 Å². The standard InChI is InChI=1S/C11H20N2O4/c1-3-12-8-10-9-17-11(13-10)16-7-6-15-5-4-14-2/h9,12H,3-8H2,1-2H3. The molecule has 1 aromatic heterocycles. The van der Waals surface area contributed by atoms with Gasteiger partial charge in [-0.3, -0.25) is 0 Å². The fraction of sp³-hybridized carbons (Fsp3) is 0.727. The van der Waals surface area contributed by atoms with E-state index in [1.54, 1.807) is 13.4 Å². The maximum absolute atomic E-state index is 5.28. The van der Waals surface area contributed by atoms with Gasteiger partial charge in [-0.2, -0.15) is 4.98 Å². The Kier molecular flexibility index (Phi) is 7.37. The smallest absolute Gasteiger partial charge is 0.393 e. The average Bonchev–Trinajstić information content (AvgIpc) is 2.79. The van der Waals surface area contributed by atoms with Crippen LogP contribution in [0.25, 0.3) is 0 Å². The molecule has 1 heterocycles. The molecule has 1 rings (SSSR count). The zero-order valence-corrected chi connectivity index (χ0v) is 10.4. The maximum atomic E-state index is 5.28. The summed E-state index contributed by atoms with van der Waals surface area (Å²) in [7, 11) is 1.64. The SMILES string of the molecule is CCNCc1coc(OCCOCCOC)n1. The molecule has 0 saturated carbocycles. The molecule has 6 heteroatoms. The number of nitrogens with zero attached hydrogens (tertiary/aromatic N) is 1. The molecule has 0 radical (unpaired) electrons. The van der Waals surface area contributed by atoms with Crippen molar-refractivity contribution in [3.8, 4) is 6.08 Å². The normalized spacial score (nSPS) is 10.7. The van der Waals surface area contributed by atoms with Crippen molar-refractivity contribution >= 4 is 0 Å². The summed E-state index contributed by atoms with van der Waals surface area (Å²) in [5.41, 5.74) is 0.835. The van der Waals surface area contributed by atoms with E-state index in [2.05, 4.69) is 10.3 Å². The number of nitrogens with one attached hydrogen (secondary N) is 1. The molecule has 0 aliphatic heterocycles. The molecule has 0 amide bonds. The minimum Gasteiger partial charge on any atom is -0.448 e. The van der Waals surface area contributed by atoms with E-state index in [0.717, 1.165) is 12.2 Å². The molecule has 0 fully saturated rings. The molecule has 0 atom stereocenters. The number of hydrogen-bond acceptors (Lipinski definition) is 6. The van der Waals surface area contributed by atoms with Gasteiger partial charge in [-0.1, -0.05) is 6.92 Å². The van der Waals surface area contributed by atoms with Gasteiger partial charge >= 0.3 is 6.08 Å². The van der Waals surface area contributed by atoms with Crippen molar-refractivity contribution in [2.24, 2.45) is 0 Å². The van der Waals surface area contributed by atoms with Crippen LogP contribution in [0.15, 0.2) is 10.7 Å². The second kappa shape index (κ2) is 8.98. The lowest BCUT2D eigenvalue weighted by atomic mass is 10.5. The molecular formula is C11H20N2O4. The first-order chi connectivity index (χ1) is 8.36. The predicted molar refractivity (Wildman–Crippen MR) is 62.1 cm³/mol. The third-order valence-corrected chi connectivity index (χ3v) is 1.97. The highest BCUT2D eigenvalue weighted by Gasteiger charge is 2.03. The van der Waals surface area contributed by atoms with Crippen LogP contribution in [0.5, 0.6) is 6.08 Å². The summed E-state index contributed by atoms with van der Waals surface area (Å²) in [6.45, 7) is 5.70. The summed E-state index contributed by atoms with van der Waals surface area (Å²) in [6, 6.07) is 0. The van der Waals surface area contributed by atoms with Crippen LogP contribution in [0.4, 0.5) is 0 Å². The Morgan fingerprint density at radius 3 is 2.88 bits per heavy atom. The Balaban J connectivity index is 2.08. The summed E-state index contributed by atoms with van der Waals surface area (Å²) in [5.74, 6) is 0. The van der Waals surface area contributed by atoms with Crippen LogP contribution in [0.3, 0.4) is 0 Å². The molecule has 1 aromatic rings. The van der Waals surface area contributed by atoms with Gasteiger partial charge in [-0.15, -0.1) is 0 Å². The molecule has 1 N–H and O–H groups in total. The number of rotatable bonds is 10. The Bertz CT molecular complexity index is 291. The highest BCUT2D eigenvalue weighted by Crippen LogP contribution is 2.09.